The molecule has 1 aliphatic rings. The first-order valence-electron chi connectivity index (χ1n) is 11.6. The number of anilines is 2. The molecule has 0 radical (unpaired) electrons. The molecule has 0 spiro atoms. The molecule has 0 saturated carbocycles. The van der Waals surface area contributed by atoms with E-state index in [4.69, 9.17) is 20.4 Å². The van der Waals surface area contributed by atoms with Crippen molar-refractivity contribution in [2.24, 2.45) is 0 Å². The average Bonchev–Trinajstić information content (AvgIpc) is 3.61. The summed E-state index contributed by atoms with van der Waals surface area (Å²) in [5.41, 5.74) is 2.43. The van der Waals surface area contributed by atoms with Gasteiger partial charge in [-0.25, -0.2) is 0 Å². The van der Waals surface area contributed by atoms with E-state index in [1.807, 2.05) is 54.6 Å². The van der Waals surface area contributed by atoms with Crippen molar-refractivity contribution < 1.29 is 18.4 Å². The molecular formula is C28H24ClN3O4. The van der Waals surface area contributed by atoms with E-state index < -0.39 is 0 Å². The van der Waals surface area contributed by atoms with Gasteiger partial charge in [0.2, 0.25) is 5.91 Å². The van der Waals surface area contributed by atoms with Gasteiger partial charge in [0.1, 0.15) is 11.5 Å². The van der Waals surface area contributed by atoms with Crippen molar-refractivity contribution in [2.75, 3.05) is 36.4 Å². The zero-order valence-corrected chi connectivity index (χ0v) is 20.1. The smallest absolute Gasteiger partial charge is 0.289 e. The van der Waals surface area contributed by atoms with Gasteiger partial charge in [0.25, 0.3) is 5.91 Å². The summed E-state index contributed by atoms with van der Waals surface area (Å²) in [5, 5.41) is 3.35. The molecule has 3 heterocycles. The molecule has 0 bridgehead atoms. The first-order chi connectivity index (χ1) is 17.6. The van der Waals surface area contributed by atoms with Crippen LogP contribution < -0.4 is 10.2 Å². The Bertz CT molecular complexity index is 1370. The maximum Gasteiger partial charge on any atom is 0.289 e. The Kier molecular flexibility index (Phi) is 6.91. The number of nitrogens with one attached hydrogen (secondary N) is 1. The van der Waals surface area contributed by atoms with Crippen LogP contribution in [0.25, 0.3) is 17.4 Å². The SMILES string of the molecule is O=C(/C=C/c1ccc(-c2ccccc2)o1)Nc1ccc(N2CCN(C(=O)c3ccco3)CC2)c(Cl)c1. The van der Waals surface area contributed by atoms with Crippen LogP contribution in [0, 0.1) is 0 Å². The fraction of sp³-hybridized carbons (Fsp3) is 0.143. The molecular weight excluding hydrogens is 478 g/mol. The first kappa shape index (κ1) is 23.5. The minimum absolute atomic E-state index is 0.109. The third-order valence-electron chi connectivity index (χ3n) is 5.94. The molecule has 2 aromatic heterocycles. The largest absolute Gasteiger partial charge is 0.459 e. The van der Waals surface area contributed by atoms with E-state index in [1.165, 1.54) is 12.3 Å². The molecule has 0 aliphatic carbocycles. The third-order valence-corrected chi connectivity index (χ3v) is 6.24. The van der Waals surface area contributed by atoms with Gasteiger partial charge in [-0.1, -0.05) is 41.9 Å². The van der Waals surface area contributed by atoms with Gasteiger partial charge in [-0.3, -0.25) is 9.59 Å². The average molecular weight is 502 g/mol. The van der Waals surface area contributed by atoms with Crippen LogP contribution in [0.2, 0.25) is 5.02 Å². The fourth-order valence-corrected chi connectivity index (χ4v) is 4.39. The van der Waals surface area contributed by atoms with Gasteiger partial charge in [-0.2, -0.15) is 0 Å². The van der Waals surface area contributed by atoms with E-state index in [1.54, 1.807) is 29.2 Å². The molecule has 8 heteroatoms. The Morgan fingerprint density at radius 2 is 1.72 bits per heavy atom. The van der Waals surface area contributed by atoms with Crippen LogP contribution >= 0.6 is 11.6 Å². The monoisotopic (exact) mass is 501 g/mol. The summed E-state index contributed by atoms with van der Waals surface area (Å²) in [6.07, 6.45) is 4.55. The predicted octanol–water partition coefficient (Wildman–Crippen LogP) is 5.81. The lowest BCUT2D eigenvalue weighted by atomic mass is 10.2. The molecule has 2 aromatic carbocycles. The number of benzene rings is 2. The molecule has 182 valence electrons. The number of rotatable bonds is 6. The summed E-state index contributed by atoms with van der Waals surface area (Å²) in [4.78, 5) is 28.8. The molecule has 0 unspecified atom stereocenters. The van der Waals surface area contributed by atoms with Crippen LogP contribution in [0.3, 0.4) is 0 Å². The summed E-state index contributed by atoms with van der Waals surface area (Å²) < 4.78 is 11.0. The molecule has 36 heavy (non-hydrogen) atoms. The second-order valence-electron chi connectivity index (χ2n) is 8.31. The summed E-state index contributed by atoms with van der Waals surface area (Å²) in [6, 6.07) is 22.3. The predicted molar refractivity (Wildman–Crippen MR) is 140 cm³/mol. The number of halogens is 1. The fourth-order valence-electron chi connectivity index (χ4n) is 4.09. The van der Waals surface area contributed by atoms with Crippen molar-refractivity contribution in [1.29, 1.82) is 0 Å². The van der Waals surface area contributed by atoms with Crippen molar-refractivity contribution in [3.8, 4) is 11.3 Å². The molecule has 4 aromatic rings. The summed E-state index contributed by atoms with van der Waals surface area (Å²) >= 11 is 6.54. The van der Waals surface area contributed by atoms with E-state index in [-0.39, 0.29) is 11.8 Å². The first-order valence-corrected chi connectivity index (χ1v) is 12.0. The van der Waals surface area contributed by atoms with E-state index in [2.05, 4.69) is 10.2 Å². The summed E-state index contributed by atoms with van der Waals surface area (Å²) in [5.74, 6) is 1.27. The Morgan fingerprint density at radius 1 is 0.917 bits per heavy atom. The Labute approximate surface area is 213 Å². The van der Waals surface area contributed by atoms with E-state index in [0.29, 0.717) is 48.4 Å². The number of amides is 2. The second-order valence-corrected chi connectivity index (χ2v) is 8.72. The number of piperazine rings is 1. The highest BCUT2D eigenvalue weighted by Gasteiger charge is 2.24. The number of carbonyl (C=O) groups is 2. The summed E-state index contributed by atoms with van der Waals surface area (Å²) in [7, 11) is 0. The van der Waals surface area contributed by atoms with E-state index in [0.717, 1.165) is 17.0 Å². The number of furan rings is 2. The van der Waals surface area contributed by atoms with Crippen LogP contribution in [0.15, 0.2) is 94.0 Å². The Balaban J connectivity index is 1.16. The van der Waals surface area contributed by atoms with Crippen LogP contribution in [-0.2, 0) is 4.79 Å². The normalized spacial score (nSPS) is 13.8. The van der Waals surface area contributed by atoms with Crippen LogP contribution in [0.4, 0.5) is 11.4 Å². The van der Waals surface area contributed by atoms with E-state index >= 15 is 0 Å². The van der Waals surface area contributed by atoms with E-state index in [9.17, 15) is 9.59 Å². The second kappa shape index (κ2) is 10.6. The lowest BCUT2D eigenvalue weighted by Gasteiger charge is -2.36. The van der Waals surface area contributed by atoms with Gasteiger partial charge < -0.3 is 24.0 Å². The standard InChI is InChI=1S/C28H24ClN3O4/c29-23-19-21(30-27(33)13-10-22-9-12-25(36-22)20-5-2-1-3-6-20)8-11-24(23)31-14-16-32(17-15-31)28(34)26-7-4-18-35-26/h1-13,18-19H,14-17H2,(H,30,33)/b13-10+. The number of carbonyl (C=O) groups excluding carboxylic acids is 2. The quantitative estimate of drug-likeness (QED) is 0.337. The van der Waals surface area contributed by atoms with Crippen molar-refractivity contribution in [2.45, 2.75) is 0 Å². The summed E-state index contributed by atoms with van der Waals surface area (Å²) in [6.45, 7) is 2.43. The molecule has 0 atom stereocenters. The highest BCUT2D eigenvalue weighted by molar-refractivity contribution is 6.33. The van der Waals surface area contributed by atoms with Crippen LogP contribution in [-0.4, -0.2) is 42.9 Å². The van der Waals surface area contributed by atoms with Crippen molar-refractivity contribution >= 4 is 40.9 Å². The molecule has 1 N–H and O–H groups in total. The minimum Gasteiger partial charge on any atom is -0.459 e. The minimum atomic E-state index is -0.290. The van der Waals surface area contributed by atoms with Gasteiger partial charge >= 0.3 is 0 Å². The number of hydrogen-bond acceptors (Lipinski definition) is 5. The maximum atomic E-state index is 12.5. The van der Waals surface area contributed by atoms with Gasteiger partial charge in [-0.15, -0.1) is 0 Å². The van der Waals surface area contributed by atoms with Crippen LogP contribution in [0.5, 0.6) is 0 Å². The van der Waals surface area contributed by atoms with Gasteiger partial charge in [0, 0.05) is 43.5 Å². The molecule has 5 rings (SSSR count). The lowest BCUT2D eigenvalue weighted by molar-refractivity contribution is -0.111. The molecule has 2 amide bonds. The zero-order chi connectivity index (χ0) is 24.9. The number of nitrogens with zero attached hydrogens (tertiary/aromatic N) is 2. The molecule has 1 aliphatic heterocycles. The van der Waals surface area contributed by atoms with Crippen molar-refractivity contribution in [3.63, 3.8) is 0 Å². The zero-order valence-electron chi connectivity index (χ0n) is 19.4. The van der Waals surface area contributed by atoms with Crippen molar-refractivity contribution in [3.05, 3.63) is 102 Å². The molecule has 1 fully saturated rings. The highest BCUT2D eigenvalue weighted by atomic mass is 35.5. The Hall–Kier alpha value is -4.23. The van der Waals surface area contributed by atoms with Crippen molar-refractivity contribution in [1.82, 2.24) is 4.90 Å². The highest BCUT2D eigenvalue weighted by Crippen LogP contribution is 2.30. The number of hydrogen-bond donors (Lipinski definition) is 1. The van der Waals surface area contributed by atoms with Gasteiger partial charge in [0.05, 0.1) is 17.0 Å². The van der Waals surface area contributed by atoms with Gasteiger partial charge in [0.15, 0.2) is 5.76 Å². The Morgan fingerprint density at radius 3 is 2.44 bits per heavy atom. The molecule has 7 nitrogen and oxygen atoms in total. The molecule has 1 saturated heterocycles. The maximum absolute atomic E-state index is 12.5. The van der Waals surface area contributed by atoms with Gasteiger partial charge in [-0.05, 0) is 48.5 Å². The van der Waals surface area contributed by atoms with Crippen LogP contribution in [0.1, 0.15) is 16.3 Å². The topological polar surface area (TPSA) is 78.9 Å². The third kappa shape index (κ3) is 5.37. The lowest BCUT2D eigenvalue weighted by Crippen LogP contribution is -2.48.